The average Bonchev–Trinajstić information content (AvgIpc) is 4.00. The molecule has 1 aromatic heterocycles. The number of likely N-dealkylation sites (tertiary alicyclic amines) is 1. The fraction of sp³-hybridized carbons (Fsp3) is 0.591. The molecule has 1 fully saturated rings. The van der Waals surface area contributed by atoms with Gasteiger partial charge in [-0.15, -0.1) is 0 Å². The number of amides is 7. The lowest BCUT2D eigenvalue weighted by Crippen LogP contribution is -2.62. The van der Waals surface area contributed by atoms with Crippen LogP contribution in [0.2, 0.25) is 0 Å². The number of carboxylic acids is 1. The van der Waals surface area contributed by atoms with E-state index < -0.39 is 120 Å². The molecule has 29 heteroatoms. The van der Waals surface area contributed by atoms with E-state index in [0.717, 1.165) is 4.90 Å². The summed E-state index contributed by atoms with van der Waals surface area (Å²) in [5.74, 6) is -15.6. The Morgan fingerprint density at radius 3 is 1.84 bits per heavy atom. The lowest BCUT2D eigenvalue weighted by molar-refractivity contribution is -0.290. The van der Waals surface area contributed by atoms with Gasteiger partial charge in [0.05, 0.1) is 12.9 Å². The second-order valence-electron chi connectivity index (χ2n) is 17.9. The average molecular weight is 1050 g/mol. The van der Waals surface area contributed by atoms with Gasteiger partial charge < -0.3 is 68.8 Å². The Hall–Kier alpha value is -7.20. The van der Waals surface area contributed by atoms with Gasteiger partial charge in [-0.25, -0.2) is 9.78 Å². The van der Waals surface area contributed by atoms with Gasteiger partial charge in [0.15, 0.2) is 11.9 Å². The predicted octanol–water partition coefficient (Wildman–Crippen LogP) is -0.789. The van der Waals surface area contributed by atoms with E-state index in [1.807, 2.05) is 0 Å². The van der Waals surface area contributed by atoms with Crippen molar-refractivity contribution in [1.82, 2.24) is 52.1 Å². The minimum Gasteiger partial charge on any atom is -0.508 e. The molecule has 0 bridgehead atoms. The zero-order valence-electron chi connectivity index (χ0n) is 40.5. The van der Waals surface area contributed by atoms with Crippen molar-refractivity contribution < 1.29 is 74.9 Å². The molecule has 0 unspecified atom stereocenters. The van der Waals surface area contributed by atoms with E-state index in [0.29, 0.717) is 5.56 Å². The number of likely N-dealkylation sites (N-methyl/N-ethyl adjacent to an activating group) is 1. The lowest BCUT2D eigenvalue weighted by Gasteiger charge is -2.32. The molecule has 1 aliphatic rings. The van der Waals surface area contributed by atoms with E-state index in [2.05, 4.69) is 46.9 Å². The summed E-state index contributed by atoms with van der Waals surface area (Å²) < 4.78 is 81.5. The zero-order chi connectivity index (χ0) is 55.0. The fourth-order valence-corrected chi connectivity index (χ4v) is 7.78. The number of phenolic OH excluding ortho intramolecular Hbond substituents is 1. The van der Waals surface area contributed by atoms with Crippen molar-refractivity contribution in [3.63, 3.8) is 0 Å². The molecule has 1 aromatic carbocycles. The molecule has 23 nitrogen and oxygen atoms in total. The number of H-pyrrole nitrogens is 1. The molecular weight excluding hydrogens is 985 g/mol. The number of aliphatic imine (C=N–C) groups is 1. The number of carbonyl (C=O) groups excluding carboxylic acids is 7. The van der Waals surface area contributed by atoms with Crippen LogP contribution in [0, 0.1) is 17.8 Å². The summed E-state index contributed by atoms with van der Waals surface area (Å²) >= 11 is 0. The van der Waals surface area contributed by atoms with Crippen LogP contribution in [0.4, 0.5) is 26.3 Å². The Labute approximate surface area is 415 Å². The Morgan fingerprint density at radius 2 is 1.34 bits per heavy atom. The Balaban J connectivity index is 1.93. The van der Waals surface area contributed by atoms with Crippen molar-refractivity contribution in [1.29, 1.82) is 0 Å². The summed E-state index contributed by atoms with van der Waals surface area (Å²) in [5, 5.41) is 36.3. The number of alkyl halides is 6. The summed E-state index contributed by atoms with van der Waals surface area (Å²) in [6, 6.07) is -6.84. The Bertz CT molecular complexity index is 2230. The third kappa shape index (κ3) is 18.4. The Morgan fingerprint density at radius 1 is 0.781 bits per heavy atom. The second kappa shape index (κ2) is 27.0. The summed E-state index contributed by atoms with van der Waals surface area (Å²) in [6.45, 7) is 5.94. The van der Waals surface area contributed by atoms with Gasteiger partial charge >= 0.3 is 18.3 Å². The number of benzene rings is 1. The smallest absolute Gasteiger partial charge is 0.403 e. The van der Waals surface area contributed by atoms with Crippen molar-refractivity contribution in [2.24, 2.45) is 34.2 Å². The molecular formula is C44H63F6N13O10. The van der Waals surface area contributed by atoms with Crippen LogP contribution in [0.3, 0.4) is 0 Å². The first-order valence-corrected chi connectivity index (χ1v) is 23.0. The molecule has 14 N–H and O–H groups in total. The highest BCUT2D eigenvalue weighted by Crippen LogP contribution is 2.41. The largest absolute Gasteiger partial charge is 0.508 e. The first kappa shape index (κ1) is 60.1. The quantitative estimate of drug-likeness (QED) is 0.0238. The summed E-state index contributed by atoms with van der Waals surface area (Å²) in [6.07, 6.45) is -10.4. The number of guanidine groups is 1. The topological polar surface area (TPSA) is 358 Å². The van der Waals surface area contributed by atoms with Crippen LogP contribution in [0.5, 0.6) is 5.75 Å². The summed E-state index contributed by atoms with van der Waals surface area (Å²) in [4.78, 5) is 120. The van der Waals surface area contributed by atoms with Crippen LogP contribution in [0.1, 0.15) is 64.6 Å². The van der Waals surface area contributed by atoms with Crippen LogP contribution in [-0.4, -0.2) is 160 Å². The molecule has 3 rings (SSSR count). The first-order valence-electron chi connectivity index (χ1n) is 23.0. The molecule has 7 atom stereocenters. The number of hydrogen-bond acceptors (Lipinski definition) is 12. The van der Waals surface area contributed by atoms with Crippen molar-refractivity contribution >= 4 is 53.3 Å². The van der Waals surface area contributed by atoms with Gasteiger partial charge in [0.1, 0.15) is 48.0 Å². The van der Waals surface area contributed by atoms with Crippen molar-refractivity contribution in [3.8, 4) is 5.75 Å². The van der Waals surface area contributed by atoms with Crippen molar-refractivity contribution in [2.75, 3.05) is 26.7 Å². The van der Waals surface area contributed by atoms with Gasteiger partial charge in [-0.05, 0) is 62.3 Å². The maximum Gasteiger partial charge on any atom is 0.403 e. The number of aliphatic carboxylic acids is 1. The number of aromatic hydroxyl groups is 1. The minimum absolute atomic E-state index is 0.0110. The van der Waals surface area contributed by atoms with Gasteiger partial charge in [0, 0.05) is 37.8 Å². The van der Waals surface area contributed by atoms with Gasteiger partial charge in [-0.1, -0.05) is 39.8 Å². The van der Waals surface area contributed by atoms with Gasteiger partial charge in [0.25, 0.3) is 0 Å². The van der Waals surface area contributed by atoms with Crippen LogP contribution in [0.15, 0.2) is 41.8 Å². The third-order valence-electron chi connectivity index (χ3n) is 11.5. The van der Waals surface area contributed by atoms with E-state index >= 15 is 0 Å². The SMILES string of the molecule is CNCC(=O)N[C@@H](CCCN=C(N)N)C(=O)N[C@H](C(=O)N[C@@H](Cc1ccc(O)cc1)C(=O)N[C@H](C(=O)N[C@@H](Cc1cnc[nH]1)C(=O)N1CCC[C@H]1C(=O)N[C@H](C(=O)O)C(C(F)(F)F)C(F)(F)F)C(C)C)C(C)C. The molecule has 73 heavy (non-hydrogen) atoms. The number of aromatic nitrogens is 2. The summed E-state index contributed by atoms with van der Waals surface area (Å²) in [7, 11) is 1.52. The van der Waals surface area contributed by atoms with E-state index in [1.165, 1.54) is 63.0 Å². The molecule has 0 aliphatic carbocycles. The number of hydrogen-bond donors (Lipinski definition) is 12. The van der Waals surface area contributed by atoms with E-state index in [-0.39, 0.29) is 75.6 Å². The zero-order valence-corrected chi connectivity index (χ0v) is 40.5. The molecule has 7 amide bonds. The molecule has 2 aromatic rings. The second-order valence-corrected chi connectivity index (χ2v) is 17.9. The molecule has 2 heterocycles. The van der Waals surface area contributed by atoms with Crippen molar-refractivity contribution in [2.45, 2.75) is 121 Å². The fourth-order valence-electron chi connectivity index (χ4n) is 7.78. The van der Waals surface area contributed by atoms with E-state index in [9.17, 15) is 74.9 Å². The van der Waals surface area contributed by atoms with E-state index in [1.54, 1.807) is 13.8 Å². The van der Waals surface area contributed by atoms with Gasteiger partial charge in [0.2, 0.25) is 41.4 Å². The molecule has 0 spiro atoms. The number of nitrogens with two attached hydrogens (primary N) is 2. The molecule has 1 saturated heterocycles. The molecule has 406 valence electrons. The van der Waals surface area contributed by atoms with Gasteiger partial charge in [-0.2, -0.15) is 26.3 Å². The molecule has 1 aliphatic heterocycles. The van der Waals surface area contributed by atoms with Crippen LogP contribution >= 0.6 is 0 Å². The number of nitrogens with one attached hydrogen (secondary N) is 8. The van der Waals surface area contributed by atoms with Crippen molar-refractivity contribution in [3.05, 3.63) is 48.0 Å². The number of rotatable bonds is 26. The number of aromatic amines is 1. The highest BCUT2D eigenvalue weighted by atomic mass is 19.4. The maximum atomic E-state index is 14.3. The van der Waals surface area contributed by atoms with Crippen LogP contribution < -0.4 is 48.7 Å². The number of carbonyl (C=O) groups is 8. The highest BCUT2D eigenvalue weighted by molar-refractivity contribution is 5.98. The molecule has 0 saturated carbocycles. The first-order chi connectivity index (χ1) is 34.0. The normalized spacial score (nSPS) is 16.4. The predicted molar refractivity (Wildman–Crippen MR) is 247 cm³/mol. The number of halogens is 6. The molecule has 0 radical (unpaired) electrons. The number of nitrogens with zero attached hydrogens (tertiary/aromatic N) is 3. The van der Waals surface area contributed by atoms with Crippen LogP contribution in [0.25, 0.3) is 0 Å². The monoisotopic (exact) mass is 1050 g/mol. The number of phenols is 1. The standard InChI is InChI=1S/C44H63F6N13O10/c1-21(2)31(60-35(66)26(57-30(65)19-53-5)8-6-14-55-42(51)52)38(69)58-27(16-23-10-12-25(64)13-11-23)36(67)61-32(22(3)4)39(70)59-28(17-24-18-54-20-56-24)40(71)63-15-7-9-29(63)37(68)62-33(41(72)73)34(43(45,46)47)44(48,49)50/h10-13,18,20-22,26-29,31-34,53,64H,6-9,14-17,19H2,1-5H3,(H,54,56)(H,57,65)(H,58,69)(H,59,70)(H,60,66)(H,61,67)(H,62,68)(H,72,73)(H4,51,52,55)/t26-,27-,28-,29-,31-,32-,33-/m0/s1. The number of imidazole rings is 1. The van der Waals surface area contributed by atoms with Gasteiger partial charge in [-0.3, -0.25) is 38.6 Å². The van der Waals surface area contributed by atoms with E-state index in [4.69, 9.17) is 11.5 Å². The van der Waals surface area contributed by atoms with Crippen LogP contribution in [-0.2, 0) is 51.2 Å². The summed E-state index contributed by atoms with van der Waals surface area (Å²) in [5.41, 5.74) is 11.4. The lowest BCUT2D eigenvalue weighted by atomic mass is 9.97. The number of carboxylic acid groups (broad SMARTS) is 1. The minimum atomic E-state index is -6.15. The maximum absolute atomic E-state index is 14.3. The third-order valence-corrected chi connectivity index (χ3v) is 11.5. The highest BCUT2D eigenvalue weighted by Gasteiger charge is 2.63. The Kier molecular flexibility index (Phi) is 22.2.